The zero-order valence-corrected chi connectivity index (χ0v) is 14.2. The van der Waals surface area contributed by atoms with Crippen molar-refractivity contribution < 1.29 is 22.7 Å². The van der Waals surface area contributed by atoms with E-state index in [1.165, 1.54) is 6.07 Å². The Labute approximate surface area is 144 Å². The number of aliphatic carboxylic acids is 1. The Balaban J connectivity index is 2.37. The summed E-state index contributed by atoms with van der Waals surface area (Å²) in [6, 6.07) is 8.67. The first kappa shape index (κ1) is 18.4. The number of sulfonamides is 1. The van der Waals surface area contributed by atoms with E-state index in [-0.39, 0.29) is 5.02 Å². The van der Waals surface area contributed by atoms with Gasteiger partial charge in [-0.05, 0) is 30.7 Å². The molecule has 0 radical (unpaired) electrons. The van der Waals surface area contributed by atoms with Gasteiger partial charge in [-0.1, -0.05) is 41.4 Å². The zero-order valence-electron chi connectivity index (χ0n) is 12.6. The van der Waals surface area contributed by atoms with Gasteiger partial charge in [-0.25, -0.2) is 17.5 Å². The third kappa shape index (κ3) is 4.53. The van der Waals surface area contributed by atoms with Crippen LogP contribution in [0.5, 0.6) is 0 Å². The standard InChI is InChI=1S/C16H15ClFNO4S/c1-10-2-4-11(5-3-10)14(9-16(20)21)19-24(22,23)15-7-6-12(17)8-13(15)18/h2-8,14,19H,9H2,1H3,(H,20,21)/p-1/t14-/m1/s1. The smallest absolute Gasteiger partial charge is 0.244 e. The molecule has 0 fully saturated rings. The summed E-state index contributed by atoms with van der Waals surface area (Å²) in [7, 11) is -4.29. The monoisotopic (exact) mass is 370 g/mol. The third-order valence-corrected chi connectivity index (χ3v) is 5.07. The molecule has 0 saturated carbocycles. The summed E-state index contributed by atoms with van der Waals surface area (Å²) < 4.78 is 40.9. The fourth-order valence-corrected chi connectivity index (χ4v) is 3.58. The highest BCUT2D eigenvalue weighted by Gasteiger charge is 2.24. The first-order chi connectivity index (χ1) is 11.2. The molecule has 8 heteroatoms. The number of hydrogen-bond donors (Lipinski definition) is 1. The van der Waals surface area contributed by atoms with Gasteiger partial charge in [-0.2, -0.15) is 0 Å². The SMILES string of the molecule is Cc1ccc([C@@H](CC(=O)[O-])NS(=O)(=O)c2ccc(Cl)cc2F)cc1. The highest BCUT2D eigenvalue weighted by Crippen LogP contribution is 2.23. The summed E-state index contributed by atoms with van der Waals surface area (Å²) in [5, 5.41) is 11.0. The van der Waals surface area contributed by atoms with Crippen LogP contribution in [0.15, 0.2) is 47.4 Å². The molecule has 2 aromatic rings. The number of aryl methyl sites for hydroxylation is 1. The van der Waals surface area contributed by atoms with E-state index in [9.17, 15) is 22.7 Å². The van der Waals surface area contributed by atoms with Gasteiger partial charge in [-0.15, -0.1) is 0 Å². The van der Waals surface area contributed by atoms with E-state index in [1.54, 1.807) is 24.3 Å². The maximum absolute atomic E-state index is 13.9. The van der Waals surface area contributed by atoms with E-state index in [0.29, 0.717) is 5.56 Å². The number of carbonyl (C=O) groups is 1. The Morgan fingerprint density at radius 3 is 2.42 bits per heavy atom. The van der Waals surface area contributed by atoms with Crippen molar-refractivity contribution in [1.29, 1.82) is 0 Å². The van der Waals surface area contributed by atoms with Gasteiger partial charge in [0.1, 0.15) is 10.7 Å². The van der Waals surface area contributed by atoms with Crippen molar-refractivity contribution in [3.8, 4) is 0 Å². The van der Waals surface area contributed by atoms with Crippen LogP contribution in [-0.2, 0) is 14.8 Å². The summed E-state index contributed by atoms with van der Waals surface area (Å²) in [6.45, 7) is 1.84. The lowest BCUT2D eigenvalue weighted by Crippen LogP contribution is -2.34. The number of halogens is 2. The van der Waals surface area contributed by atoms with Crippen LogP contribution in [0.2, 0.25) is 5.02 Å². The molecule has 0 aliphatic rings. The maximum Gasteiger partial charge on any atom is 0.244 e. The summed E-state index contributed by atoms with van der Waals surface area (Å²) >= 11 is 5.61. The summed E-state index contributed by atoms with van der Waals surface area (Å²) in [6.07, 6.45) is -0.586. The molecule has 2 aromatic carbocycles. The molecule has 2 rings (SSSR count). The minimum Gasteiger partial charge on any atom is -0.550 e. The summed E-state index contributed by atoms with van der Waals surface area (Å²) in [5.74, 6) is -2.45. The molecular formula is C16H14ClFNO4S-. The number of carboxylic acids is 1. The fourth-order valence-electron chi connectivity index (χ4n) is 2.14. The molecule has 0 heterocycles. The van der Waals surface area contributed by atoms with Crippen LogP contribution in [0.3, 0.4) is 0 Å². The summed E-state index contributed by atoms with van der Waals surface area (Å²) in [4.78, 5) is 10.3. The number of hydrogen-bond acceptors (Lipinski definition) is 4. The van der Waals surface area contributed by atoms with Crippen molar-refractivity contribution >= 4 is 27.6 Å². The molecule has 1 atom stereocenters. The summed E-state index contributed by atoms with van der Waals surface area (Å²) in [5.41, 5.74) is 1.36. The highest BCUT2D eigenvalue weighted by molar-refractivity contribution is 7.89. The van der Waals surface area contributed by atoms with Gasteiger partial charge in [0, 0.05) is 17.4 Å². The van der Waals surface area contributed by atoms with Crippen LogP contribution in [0.4, 0.5) is 4.39 Å². The molecule has 0 bridgehead atoms. The first-order valence-electron chi connectivity index (χ1n) is 6.93. The zero-order chi connectivity index (χ0) is 17.9. The topological polar surface area (TPSA) is 86.3 Å². The Morgan fingerprint density at radius 2 is 1.88 bits per heavy atom. The quantitative estimate of drug-likeness (QED) is 0.842. The van der Waals surface area contributed by atoms with E-state index < -0.39 is 39.2 Å². The molecule has 0 aliphatic heterocycles. The van der Waals surface area contributed by atoms with E-state index in [4.69, 9.17) is 11.6 Å². The lowest BCUT2D eigenvalue weighted by Gasteiger charge is -2.20. The van der Waals surface area contributed by atoms with E-state index >= 15 is 0 Å². The average Bonchev–Trinajstić information content (AvgIpc) is 2.46. The van der Waals surface area contributed by atoms with E-state index in [0.717, 1.165) is 17.7 Å². The van der Waals surface area contributed by atoms with Gasteiger partial charge >= 0.3 is 0 Å². The number of nitrogens with one attached hydrogen (secondary N) is 1. The molecule has 0 spiro atoms. The van der Waals surface area contributed by atoms with Gasteiger partial charge in [-0.3, -0.25) is 0 Å². The van der Waals surface area contributed by atoms with Gasteiger partial charge in [0.2, 0.25) is 10.0 Å². The Kier molecular flexibility index (Phi) is 5.58. The number of carboxylic acid groups (broad SMARTS) is 1. The van der Waals surface area contributed by atoms with Crippen molar-refractivity contribution in [3.05, 3.63) is 64.4 Å². The number of benzene rings is 2. The van der Waals surface area contributed by atoms with Gasteiger partial charge in [0.05, 0.1) is 6.04 Å². The van der Waals surface area contributed by atoms with Crippen LogP contribution in [0.25, 0.3) is 0 Å². The van der Waals surface area contributed by atoms with Crippen LogP contribution in [-0.4, -0.2) is 14.4 Å². The van der Waals surface area contributed by atoms with Crippen molar-refractivity contribution in [2.24, 2.45) is 0 Å². The molecule has 24 heavy (non-hydrogen) atoms. The van der Waals surface area contributed by atoms with Crippen LogP contribution >= 0.6 is 11.6 Å². The van der Waals surface area contributed by atoms with Gasteiger partial charge in [0.15, 0.2) is 0 Å². The Morgan fingerprint density at radius 1 is 1.25 bits per heavy atom. The third-order valence-electron chi connectivity index (χ3n) is 3.33. The van der Waals surface area contributed by atoms with Crippen LogP contribution < -0.4 is 9.83 Å². The fraction of sp³-hybridized carbons (Fsp3) is 0.188. The lowest BCUT2D eigenvalue weighted by atomic mass is 10.0. The first-order valence-corrected chi connectivity index (χ1v) is 8.79. The molecule has 5 nitrogen and oxygen atoms in total. The molecule has 0 amide bonds. The van der Waals surface area contributed by atoms with E-state index in [2.05, 4.69) is 4.72 Å². The minimum absolute atomic E-state index is 0.0521. The van der Waals surface area contributed by atoms with Gasteiger partial charge in [0.25, 0.3) is 0 Å². The Hall–Kier alpha value is -1.96. The number of rotatable bonds is 6. The minimum atomic E-state index is -4.29. The second kappa shape index (κ2) is 7.29. The second-order valence-electron chi connectivity index (χ2n) is 5.24. The Bertz CT molecular complexity index is 853. The molecule has 0 saturated heterocycles. The molecule has 0 aromatic heterocycles. The predicted molar refractivity (Wildman–Crippen MR) is 85.3 cm³/mol. The average molecular weight is 371 g/mol. The highest BCUT2D eigenvalue weighted by atomic mass is 35.5. The van der Waals surface area contributed by atoms with Crippen molar-refractivity contribution in [2.45, 2.75) is 24.3 Å². The van der Waals surface area contributed by atoms with Crippen LogP contribution in [0, 0.1) is 12.7 Å². The molecule has 1 N–H and O–H groups in total. The van der Waals surface area contributed by atoms with Crippen molar-refractivity contribution in [3.63, 3.8) is 0 Å². The largest absolute Gasteiger partial charge is 0.550 e. The predicted octanol–water partition coefficient (Wildman–Crippen LogP) is 1.95. The van der Waals surface area contributed by atoms with E-state index in [1.807, 2.05) is 6.92 Å². The van der Waals surface area contributed by atoms with Crippen LogP contribution in [0.1, 0.15) is 23.6 Å². The van der Waals surface area contributed by atoms with Crippen molar-refractivity contribution in [1.82, 2.24) is 4.72 Å². The second-order valence-corrected chi connectivity index (χ2v) is 7.35. The molecule has 0 unspecified atom stereocenters. The normalized spacial score (nSPS) is 12.8. The molecular weight excluding hydrogens is 357 g/mol. The molecule has 0 aliphatic carbocycles. The molecule has 128 valence electrons. The van der Waals surface area contributed by atoms with Crippen molar-refractivity contribution in [2.75, 3.05) is 0 Å². The van der Waals surface area contributed by atoms with Gasteiger partial charge < -0.3 is 9.90 Å². The number of carbonyl (C=O) groups excluding carboxylic acids is 1. The lowest BCUT2D eigenvalue weighted by molar-refractivity contribution is -0.306. The maximum atomic E-state index is 13.9.